The molecule has 1 saturated heterocycles. The van der Waals surface area contributed by atoms with Gasteiger partial charge in [-0.15, -0.1) is 0 Å². The number of nitrogens with zero attached hydrogens (tertiary/aromatic N) is 2. The minimum absolute atomic E-state index is 0.0704. The molecule has 6 nitrogen and oxygen atoms in total. The average molecular weight is 313 g/mol. The van der Waals surface area contributed by atoms with Crippen molar-refractivity contribution >= 4 is 39.1 Å². The van der Waals surface area contributed by atoms with Crippen molar-refractivity contribution in [1.82, 2.24) is 0 Å². The summed E-state index contributed by atoms with van der Waals surface area (Å²) in [5.74, 6) is -0.742. The van der Waals surface area contributed by atoms with Gasteiger partial charge in [-0.3, -0.25) is 19.7 Å². The predicted molar refractivity (Wildman–Crippen MR) is 67.7 cm³/mol. The molecule has 1 aromatic rings. The minimum atomic E-state index is -0.556. The number of hydrogen-bond acceptors (Lipinski definition) is 4. The van der Waals surface area contributed by atoms with Gasteiger partial charge in [0.1, 0.15) is 4.83 Å². The number of non-ortho nitro benzene ring substituents is 1. The van der Waals surface area contributed by atoms with Crippen molar-refractivity contribution in [3.05, 3.63) is 33.9 Å². The molecule has 1 aromatic carbocycles. The highest BCUT2D eigenvalue weighted by Crippen LogP contribution is 2.31. The van der Waals surface area contributed by atoms with Crippen LogP contribution in [0.15, 0.2) is 18.2 Å². The summed E-state index contributed by atoms with van der Waals surface area (Å²) in [6, 6.07) is 4.11. The molecule has 1 atom stereocenters. The van der Waals surface area contributed by atoms with E-state index in [-0.39, 0.29) is 29.6 Å². The van der Waals surface area contributed by atoms with E-state index in [9.17, 15) is 19.7 Å². The summed E-state index contributed by atoms with van der Waals surface area (Å²) < 4.78 is 0. The van der Waals surface area contributed by atoms with Crippen LogP contribution in [0.3, 0.4) is 0 Å². The Bertz CT molecular complexity index is 558. The van der Waals surface area contributed by atoms with Crippen molar-refractivity contribution in [3.8, 4) is 0 Å². The number of nitro benzene ring substituents is 1. The zero-order chi connectivity index (χ0) is 13.4. The summed E-state index contributed by atoms with van der Waals surface area (Å²) >= 11 is 3.11. The Kier molecular flexibility index (Phi) is 3.16. The lowest BCUT2D eigenvalue weighted by Gasteiger charge is -2.16. The number of nitro groups is 1. The molecule has 0 bridgehead atoms. The van der Waals surface area contributed by atoms with Crippen molar-refractivity contribution in [2.45, 2.75) is 18.2 Å². The van der Waals surface area contributed by atoms with Crippen LogP contribution in [0.5, 0.6) is 0 Å². The Labute approximate surface area is 111 Å². The molecule has 0 saturated carbocycles. The largest absolute Gasteiger partial charge is 0.274 e. The number of aryl methyl sites for hydroxylation is 1. The van der Waals surface area contributed by atoms with Gasteiger partial charge in [0.05, 0.1) is 10.6 Å². The van der Waals surface area contributed by atoms with E-state index in [1.54, 1.807) is 6.92 Å². The van der Waals surface area contributed by atoms with Gasteiger partial charge in [-0.1, -0.05) is 22.0 Å². The summed E-state index contributed by atoms with van der Waals surface area (Å²) in [6.45, 7) is 1.70. The Morgan fingerprint density at radius 2 is 2.11 bits per heavy atom. The van der Waals surface area contributed by atoms with Gasteiger partial charge in [0.25, 0.3) is 5.69 Å². The molecule has 2 rings (SSSR count). The zero-order valence-electron chi connectivity index (χ0n) is 9.42. The monoisotopic (exact) mass is 312 g/mol. The number of carbonyl (C=O) groups is 2. The molecule has 1 aliphatic rings. The third-order valence-electron chi connectivity index (χ3n) is 2.74. The van der Waals surface area contributed by atoms with E-state index < -0.39 is 9.75 Å². The van der Waals surface area contributed by atoms with Crippen molar-refractivity contribution in [2.75, 3.05) is 4.90 Å². The summed E-state index contributed by atoms with van der Waals surface area (Å²) in [5, 5.41) is 10.7. The van der Waals surface area contributed by atoms with Crippen molar-refractivity contribution < 1.29 is 14.5 Å². The quantitative estimate of drug-likeness (QED) is 0.362. The fraction of sp³-hybridized carbons (Fsp3) is 0.273. The van der Waals surface area contributed by atoms with Gasteiger partial charge in [0.15, 0.2) is 0 Å². The number of hydrogen-bond donors (Lipinski definition) is 0. The third-order valence-corrected chi connectivity index (χ3v) is 3.45. The van der Waals surface area contributed by atoms with E-state index in [2.05, 4.69) is 15.9 Å². The lowest BCUT2D eigenvalue weighted by molar-refractivity contribution is -0.384. The Balaban J connectivity index is 2.50. The van der Waals surface area contributed by atoms with Crippen LogP contribution in [0.2, 0.25) is 0 Å². The van der Waals surface area contributed by atoms with Crippen molar-refractivity contribution in [2.24, 2.45) is 0 Å². The van der Waals surface area contributed by atoms with Gasteiger partial charge in [-0.25, -0.2) is 4.90 Å². The number of rotatable bonds is 2. The first kappa shape index (κ1) is 12.7. The standard InChI is InChI=1S/C11H9BrN2O4/c1-6-2-3-7(14(17)18)4-9(6)13-10(15)5-8(12)11(13)16/h2-4,8H,5H2,1H3. The lowest BCUT2D eigenvalue weighted by Crippen LogP contribution is -2.31. The summed E-state index contributed by atoms with van der Waals surface area (Å²) in [4.78, 5) is 34.2. The molecule has 0 radical (unpaired) electrons. The summed E-state index contributed by atoms with van der Waals surface area (Å²) in [7, 11) is 0. The van der Waals surface area contributed by atoms with E-state index >= 15 is 0 Å². The molecule has 1 aliphatic heterocycles. The van der Waals surface area contributed by atoms with E-state index in [1.807, 2.05) is 0 Å². The van der Waals surface area contributed by atoms with Crippen LogP contribution in [-0.4, -0.2) is 21.6 Å². The number of alkyl halides is 1. The first-order valence-corrected chi connectivity index (χ1v) is 6.09. The molecular weight excluding hydrogens is 304 g/mol. The second-order valence-electron chi connectivity index (χ2n) is 3.97. The number of carbonyl (C=O) groups excluding carboxylic acids is 2. The summed E-state index contributed by atoms with van der Waals surface area (Å²) in [6.07, 6.45) is 0.0704. The van der Waals surface area contributed by atoms with Crippen molar-refractivity contribution in [3.63, 3.8) is 0 Å². The van der Waals surface area contributed by atoms with Gasteiger partial charge >= 0.3 is 0 Å². The van der Waals surface area contributed by atoms with Crippen molar-refractivity contribution in [1.29, 1.82) is 0 Å². The Morgan fingerprint density at radius 3 is 2.61 bits per heavy atom. The highest BCUT2D eigenvalue weighted by molar-refractivity contribution is 9.10. The van der Waals surface area contributed by atoms with E-state index in [4.69, 9.17) is 0 Å². The molecule has 0 aliphatic carbocycles. The second kappa shape index (κ2) is 4.49. The highest BCUT2D eigenvalue weighted by Gasteiger charge is 2.39. The molecule has 18 heavy (non-hydrogen) atoms. The van der Waals surface area contributed by atoms with Crippen LogP contribution in [0, 0.1) is 17.0 Å². The van der Waals surface area contributed by atoms with Gasteiger partial charge in [0, 0.05) is 18.6 Å². The van der Waals surface area contributed by atoms with Crippen LogP contribution >= 0.6 is 15.9 Å². The molecule has 1 unspecified atom stereocenters. The molecule has 2 amide bonds. The van der Waals surface area contributed by atoms with Gasteiger partial charge < -0.3 is 0 Å². The minimum Gasteiger partial charge on any atom is -0.274 e. The maximum atomic E-state index is 11.8. The van der Waals surface area contributed by atoms with E-state index in [0.717, 1.165) is 4.90 Å². The van der Waals surface area contributed by atoms with Crippen LogP contribution < -0.4 is 4.90 Å². The predicted octanol–water partition coefficient (Wildman–Crippen LogP) is 1.93. The topological polar surface area (TPSA) is 80.5 Å². The maximum absolute atomic E-state index is 11.8. The fourth-order valence-electron chi connectivity index (χ4n) is 1.80. The van der Waals surface area contributed by atoms with Gasteiger partial charge in [-0.2, -0.15) is 0 Å². The smallest absolute Gasteiger partial charge is 0.271 e. The van der Waals surface area contributed by atoms with Gasteiger partial charge in [-0.05, 0) is 12.5 Å². The molecule has 0 N–H and O–H groups in total. The number of halogens is 1. The molecule has 1 fully saturated rings. The average Bonchev–Trinajstić information content (AvgIpc) is 2.54. The molecule has 94 valence electrons. The maximum Gasteiger partial charge on any atom is 0.271 e. The van der Waals surface area contributed by atoms with Crippen LogP contribution in [-0.2, 0) is 9.59 Å². The second-order valence-corrected chi connectivity index (χ2v) is 5.07. The highest BCUT2D eigenvalue weighted by atomic mass is 79.9. The number of amides is 2. The number of imide groups is 1. The van der Waals surface area contributed by atoms with Crippen LogP contribution in [0.25, 0.3) is 0 Å². The summed E-state index contributed by atoms with van der Waals surface area (Å²) in [5.41, 5.74) is 0.777. The third kappa shape index (κ3) is 2.01. The first-order valence-electron chi connectivity index (χ1n) is 5.17. The normalized spacial score (nSPS) is 19.4. The molecule has 1 heterocycles. The van der Waals surface area contributed by atoms with E-state index in [1.165, 1.54) is 18.2 Å². The molecule has 0 aromatic heterocycles. The Hall–Kier alpha value is -1.76. The van der Waals surface area contributed by atoms with Crippen LogP contribution in [0.1, 0.15) is 12.0 Å². The number of benzene rings is 1. The lowest BCUT2D eigenvalue weighted by atomic mass is 10.1. The fourth-order valence-corrected chi connectivity index (χ4v) is 2.28. The molecule has 7 heteroatoms. The zero-order valence-corrected chi connectivity index (χ0v) is 11.0. The molecular formula is C11H9BrN2O4. The van der Waals surface area contributed by atoms with Gasteiger partial charge in [0.2, 0.25) is 11.8 Å². The first-order chi connectivity index (χ1) is 8.41. The van der Waals surface area contributed by atoms with Crippen LogP contribution in [0.4, 0.5) is 11.4 Å². The molecule has 0 spiro atoms. The van der Waals surface area contributed by atoms with E-state index in [0.29, 0.717) is 5.56 Å². The Morgan fingerprint density at radius 1 is 1.44 bits per heavy atom. The SMILES string of the molecule is Cc1ccc([N+](=O)[O-])cc1N1C(=O)CC(Br)C1=O. The number of anilines is 1.